The Morgan fingerprint density at radius 1 is 1.19 bits per heavy atom. The number of alkyl halides is 3. The molecular weight excluding hydrogens is 441 g/mol. The van der Waals surface area contributed by atoms with Crippen molar-refractivity contribution in [3.8, 4) is 0 Å². The summed E-state index contributed by atoms with van der Waals surface area (Å²) in [6.45, 7) is 1.61. The maximum absolute atomic E-state index is 12.8. The second kappa shape index (κ2) is 11.0. The highest BCUT2D eigenvalue weighted by Gasteiger charge is 2.34. The minimum atomic E-state index is -4.54. The first-order valence-corrected chi connectivity index (χ1v) is 10.2. The normalized spacial score (nSPS) is 15.5. The summed E-state index contributed by atoms with van der Waals surface area (Å²) in [4.78, 5) is 47.3. The maximum atomic E-state index is 12.8. The van der Waals surface area contributed by atoms with E-state index in [1.54, 1.807) is 6.92 Å². The van der Waals surface area contributed by atoms with Crippen molar-refractivity contribution in [1.29, 1.82) is 0 Å². The van der Waals surface area contributed by atoms with Gasteiger partial charge < -0.3 is 20.1 Å². The summed E-state index contributed by atoms with van der Waals surface area (Å²) in [5, 5.41) is 3.94. The third-order valence-corrected chi connectivity index (χ3v) is 5.30. The lowest BCUT2D eigenvalue weighted by Crippen LogP contribution is -2.33. The molecule has 31 heavy (non-hydrogen) atoms. The first-order chi connectivity index (χ1) is 14.6. The number of hydrogen-bond donors (Lipinski definition) is 2. The van der Waals surface area contributed by atoms with E-state index in [9.17, 15) is 32.3 Å². The van der Waals surface area contributed by atoms with Gasteiger partial charge >= 0.3 is 18.1 Å². The molecule has 0 aromatic heterocycles. The average Bonchev–Trinajstić information content (AvgIpc) is 2.69. The summed E-state index contributed by atoms with van der Waals surface area (Å²) in [5.41, 5.74) is -0.866. The van der Waals surface area contributed by atoms with Crippen LogP contribution in [0, 0.1) is 0 Å². The van der Waals surface area contributed by atoms with Crippen molar-refractivity contribution in [1.82, 2.24) is 5.32 Å². The number of anilines is 1. The predicted molar refractivity (Wildman–Crippen MR) is 104 cm³/mol. The third kappa shape index (κ3) is 7.78. The van der Waals surface area contributed by atoms with Crippen LogP contribution in [0.5, 0.6) is 0 Å². The van der Waals surface area contributed by atoms with Crippen LogP contribution in [-0.4, -0.2) is 48.8 Å². The van der Waals surface area contributed by atoms with Crippen LogP contribution < -0.4 is 10.6 Å². The van der Waals surface area contributed by atoms with Crippen LogP contribution >= 0.6 is 11.8 Å². The number of thioether (sulfide) groups is 1. The molecule has 2 rings (SSSR count). The fraction of sp³-hybridized carbons (Fsp3) is 0.474. The molecule has 2 amide bonds. The van der Waals surface area contributed by atoms with Crippen LogP contribution in [0.3, 0.4) is 0 Å². The van der Waals surface area contributed by atoms with E-state index in [1.165, 1.54) is 6.07 Å². The van der Waals surface area contributed by atoms with E-state index in [0.29, 0.717) is 11.3 Å². The third-order valence-electron chi connectivity index (χ3n) is 4.03. The van der Waals surface area contributed by atoms with Gasteiger partial charge in [-0.05, 0) is 31.5 Å². The Balaban J connectivity index is 1.75. The lowest BCUT2D eigenvalue weighted by Gasteiger charge is -2.24. The molecule has 1 heterocycles. The van der Waals surface area contributed by atoms with Crippen molar-refractivity contribution in [2.24, 2.45) is 0 Å². The molecule has 0 aliphatic carbocycles. The Kier molecular flexibility index (Phi) is 8.72. The zero-order chi connectivity index (χ0) is 23.0. The molecule has 1 aromatic rings. The van der Waals surface area contributed by atoms with Gasteiger partial charge in [0, 0.05) is 17.9 Å². The molecule has 1 aliphatic heterocycles. The molecular formula is C19H21F3N2O6S. The molecule has 170 valence electrons. The molecule has 1 atom stereocenters. The number of rotatable bonds is 9. The van der Waals surface area contributed by atoms with Gasteiger partial charge in [0.1, 0.15) is 0 Å². The van der Waals surface area contributed by atoms with Gasteiger partial charge in [0.15, 0.2) is 6.61 Å². The van der Waals surface area contributed by atoms with E-state index in [0.717, 1.165) is 23.9 Å². The second-order valence-electron chi connectivity index (χ2n) is 6.43. The van der Waals surface area contributed by atoms with Gasteiger partial charge in [-0.25, -0.2) is 0 Å². The van der Waals surface area contributed by atoms with Crippen LogP contribution in [0.15, 0.2) is 23.1 Å². The van der Waals surface area contributed by atoms with Crippen LogP contribution in [0.1, 0.15) is 31.7 Å². The summed E-state index contributed by atoms with van der Waals surface area (Å²) in [7, 11) is 0. The summed E-state index contributed by atoms with van der Waals surface area (Å²) in [5.74, 6) is -2.37. The molecule has 1 unspecified atom stereocenters. The molecule has 0 saturated heterocycles. The number of carbonyl (C=O) groups is 4. The average molecular weight is 462 g/mol. The van der Waals surface area contributed by atoms with Gasteiger partial charge in [-0.15, -0.1) is 11.8 Å². The van der Waals surface area contributed by atoms with Crippen LogP contribution in [0.2, 0.25) is 0 Å². The number of ether oxygens (including phenoxy) is 2. The summed E-state index contributed by atoms with van der Waals surface area (Å²) in [6.07, 6.45) is -4.38. The van der Waals surface area contributed by atoms with Crippen LogP contribution in [0.25, 0.3) is 0 Å². The molecule has 0 radical (unpaired) electrons. The maximum Gasteiger partial charge on any atom is 0.416 e. The molecule has 2 N–H and O–H groups in total. The summed E-state index contributed by atoms with van der Waals surface area (Å²) < 4.78 is 47.9. The Morgan fingerprint density at radius 3 is 2.61 bits per heavy atom. The van der Waals surface area contributed by atoms with E-state index in [2.05, 4.69) is 10.6 Å². The van der Waals surface area contributed by atoms with Crippen molar-refractivity contribution in [3.63, 3.8) is 0 Å². The van der Waals surface area contributed by atoms with Crippen molar-refractivity contribution in [3.05, 3.63) is 23.8 Å². The van der Waals surface area contributed by atoms with Gasteiger partial charge in [0.2, 0.25) is 5.91 Å². The smallest absolute Gasteiger partial charge is 0.416 e. The first-order valence-electron chi connectivity index (χ1n) is 9.37. The Morgan fingerprint density at radius 2 is 1.94 bits per heavy atom. The number of halogens is 3. The molecule has 8 nitrogen and oxygen atoms in total. The number of carbonyl (C=O) groups excluding carboxylic acids is 4. The highest BCUT2D eigenvalue weighted by atomic mass is 32.2. The fourth-order valence-electron chi connectivity index (χ4n) is 2.56. The SMILES string of the molecule is CCOC(=O)CCCNC(=O)COC(=O)CC1Sc2ccc(C(F)(F)F)cc2NC1=O. The largest absolute Gasteiger partial charge is 0.466 e. The van der Waals surface area contributed by atoms with Crippen molar-refractivity contribution < 1.29 is 41.8 Å². The molecule has 0 fully saturated rings. The van der Waals surface area contributed by atoms with E-state index in [4.69, 9.17) is 9.47 Å². The minimum absolute atomic E-state index is 0.0247. The van der Waals surface area contributed by atoms with Crippen molar-refractivity contribution in [2.45, 2.75) is 42.5 Å². The van der Waals surface area contributed by atoms with Crippen molar-refractivity contribution >= 4 is 41.2 Å². The van der Waals surface area contributed by atoms with Gasteiger partial charge in [-0.2, -0.15) is 13.2 Å². The topological polar surface area (TPSA) is 111 Å². The molecule has 0 spiro atoms. The lowest BCUT2D eigenvalue weighted by molar-refractivity contribution is -0.149. The first kappa shape index (κ1) is 24.5. The summed E-state index contributed by atoms with van der Waals surface area (Å²) >= 11 is 0.946. The zero-order valence-corrected chi connectivity index (χ0v) is 17.4. The Hall–Kier alpha value is -2.76. The van der Waals surface area contributed by atoms with Gasteiger partial charge in [-0.1, -0.05) is 0 Å². The number of esters is 2. The lowest BCUT2D eigenvalue weighted by atomic mass is 10.1. The van der Waals surface area contributed by atoms with E-state index >= 15 is 0 Å². The molecule has 12 heteroatoms. The highest BCUT2D eigenvalue weighted by molar-refractivity contribution is 8.01. The molecule has 1 aromatic carbocycles. The standard InChI is InChI=1S/C19H21F3N2O6S/c1-2-29-16(26)4-3-7-23-15(25)10-30-17(27)9-14-18(28)24-12-8-11(19(20,21)22)5-6-13(12)31-14/h5-6,8,14H,2-4,7,9-10H2,1H3,(H,23,25)(H,24,28). The molecule has 1 aliphatic rings. The summed E-state index contributed by atoms with van der Waals surface area (Å²) in [6, 6.07) is 2.95. The Bertz CT molecular complexity index is 846. The van der Waals surface area contributed by atoms with Gasteiger partial charge in [0.25, 0.3) is 5.91 Å². The van der Waals surface area contributed by atoms with E-state index in [1.807, 2.05) is 0 Å². The number of fused-ring (bicyclic) bond motifs is 1. The molecule has 0 bridgehead atoms. The van der Waals surface area contributed by atoms with E-state index < -0.39 is 41.4 Å². The van der Waals surface area contributed by atoms with E-state index in [-0.39, 0.29) is 37.6 Å². The Labute approximate surface area is 180 Å². The number of hydrogen-bond acceptors (Lipinski definition) is 7. The quantitative estimate of drug-likeness (QED) is 0.429. The van der Waals surface area contributed by atoms with Crippen molar-refractivity contribution in [2.75, 3.05) is 25.1 Å². The minimum Gasteiger partial charge on any atom is -0.466 e. The van der Waals surface area contributed by atoms with Gasteiger partial charge in [0.05, 0.1) is 29.5 Å². The van der Waals surface area contributed by atoms with Crippen LogP contribution in [-0.2, 0) is 34.8 Å². The monoisotopic (exact) mass is 462 g/mol. The predicted octanol–water partition coefficient (Wildman–Crippen LogP) is 2.51. The second-order valence-corrected chi connectivity index (χ2v) is 7.67. The number of nitrogens with one attached hydrogen (secondary N) is 2. The number of benzene rings is 1. The zero-order valence-electron chi connectivity index (χ0n) is 16.5. The van der Waals surface area contributed by atoms with Gasteiger partial charge in [-0.3, -0.25) is 19.2 Å². The fourth-order valence-corrected chi connectivity index (χ4v) is 3.64. The highest BCUT2D eigenvalue weighted by Crippen LogP contribution is 2.40. The van der Waals surface area contributed by atoms with Crippen LogP contribution in [0.4, 0.5) is 18.9 Å². The molecule has 0 saturated carbocycles. The number of amides is 2.